The maximum absolute atomic E-state index is 14.0. The normalized spacial score (nSPS) is 10.3. The van der Waals surface area contributed by atoms with Gasteiger partial charge in [-0.3, -0.25) is 9.36 Å². The molecule has 0 saturated carbocycles. The number of aromatic nitrogens is 2. The van der Waals surface area contributed by atoms with E-state index in [0.29, 0.717) is 6.54 Å². The smallest absolute Gasteiger partial charge is 0.300 e. The molecule has 1 heterocycles. The number of rotatable bonds is 4. The Morgan fingerprint density at radius 1 is 1.29 bits per heavy atom. The van der Waals surface area contributed by atoms with E-state index in [1.807, 2.05) is 6.92 Å². The molecule has 0 saturated heterocycles. The first-order chi connectivity index (χ1) is 10.1. The molecule has 21 heavy (non-hydrogen) atoms. The number of aryl methyl sites for hydroxylation is 1. The quantitative estimate of drug-likeness (QED) is 0.855. The second kappa shape index (κ2) is 6.18. The molecule has 0 radical (unpaired) electrons. The zero-order valence-corrected chi connectivity index (χ0v) is 11.5. The van der Waals surface area contributed by atoms with Crippen molar-refractivity contribution >= 4 is 0 Å². The van der Waals surface area contributed by atoms with E-state index in [4.69, 9.17) is 5.26 Å². The largest absolute Gasteiger partial charge is 0.331 e. The van der Waals surface area contributed by atoms with Crippen molar-refractivity contribution in [1.29, 1.82) is 5.26 Å². The zero-order chi connectivity index (χ0) is 15.4. The first-order valence-electron chi connectivity index (χ1n) is 6.56. The summed E-state index contributed by atoms with van der Waals surface area (Å²) in [5, 5.41) is 8.81. The standard InChI is InChI=1S/C15H14FN3O2/c1-2-7-18-8-6-13(20)19(15(18)21)10-12-5-3-4-11(9-17)14(12)16/h3-6,8H,2,7,10H2,1H3. The van der Waals surface area contributed by atoms with Crippen LogP contribution < -0.4 is 11.2 Å². The highest BCUT2D eigenvalue weighted by Crippen LogP contribution is 2.12. The molecule has 0 unspecified atom stereocenters. The van der Waals surface area contributed by atoms with Crippen molar-refractivity contribution in [3.63, 3.8) is 0 Å². The van der Waals surface area contributed by atoms with E-state index in [0.717, 1.165) is 11.0 Å². The minimum atomic E-state index is -0.697. The van der Waals surface area contributed by atoms with E-state index in [1.54, 1.807) is 6.07 Å². The van der Waals surface area contributed by atoms with E-state index in [-0.39, 0.29) is 17.7 Å². The summed E-state index contributed by atoms with van der Waals surface area (Å²) in [7, 11) is 0. The molecule has 1 aromatic carbocycles. The lowest BCUT2D eigenvalue weighted by molar-refractivity contribution is 0.550. The Labute approximate surface area is 120 Å². The van der Waals surface area contributed by atoms with Gasteiger partial charge in [0.05, 0.1) is 12.1 Å². The minimum Gasteiger partial charge on any atom is -0.300 e. The highest BCUT2D eigenvalue weighted by Gasteiger charge is 2.11. The third kappa shape index (κ3) is 2.92. The van der Waals surface area contributed by atoms with E-state index in [1.165, 1.54) is 35.0 Å². The Morgan fingerprint density at radius 3 is 2.71 bits per heavy atom. The second-order valence-electron chi connectivity index (χ2n) is 4.61. The summed E-state index contributed by atoms with van der Waals surface area (Å²) in [6.07, 6.45) is 2.18. The number of benzene rings is 1. The molecule has 0 amide bonds. The van der Waals surface area contributed by atoms with Crippen LogP contribution in [0.3, 0.4) is 0 Å². The average Bonchev–Trinajstić information content (AvgIpc) is 2.48. The molecule has 2 rings (SSSR count). The molecule has 0 aliphatic heterocycles. The van der Waals surface area contributed by atoms with Crippen LogP contribution in [0, 0.1) is 17.1 Å². The van der Waals surface area contributed by atoms with Crippen LogP contribution in [-0.4, -0.2) is 9.13 Å². The van der Waals surface area contributed by atoms with Crippen molar-refractivity contribution in [3.8, 4) is 6.07 Å². The third-order valence-corrected chi connectivity index (χ3v) is 3.13. The molecule has 1 aromatic heterocycles. The third-order valence-electron chi connectivity index (χ3n) is 3.13. The minimum absolute atomic E-state index is 0.106. The maximum atomic E-state index is 14.0. The summed E-state index contributed by atoms with van der Waals surface area (Å²) < 4.78 is 16.4. The summed E-state index contributed by atoms with van der Waals surface area (Å²) in [6.45, 7) is 2.21. The lowest BCUT2D eigenvalue weighted by atomic mass is 10.1. The number of nitrogens with zero attached hydrogens (tertiary/aromatic N) is 3. The van der Waals surface area contributed by atoms with E-state index < -0.39 is 17.1 Å². The number of hydrogen-bond acceptors (Lipinski definition) is 3. The van der Waals surface area contributed by atoms with Crippen LogP contribution in [0.5, 0.6) is 0 Å². The van der Waals surface area contributed by atoms with Crippen LogP contribution in [0.1, 0.15) is 24.5 Å². The Hall–Kier alpha value is -2.68. The molecule has 2 aromatic rings. The summed E-state index contributed by atoms with van der Waals surface area (Å²) in [6, 6.07) is 7.35. The molecular formula is C15H14FN3O2. The van der Waals surface area contributed by atoms with Crippen molar-refractivity contribution in [1.82, 2.24) is 9.13 Å². The van der Waals surface area contributed by atoms with Crippen LogP contribution >= 0.6 is 0 Å². The van der Waals surface area contributed by atoms with Crippen LogP contribution in [0.4, 0.5) is 4.39 Å². The summed E-state index contributed by atoms with van der Waals surface area (Å²) in [4.78, 5) is 24.0. The van der Waals surface area contributed by atoms with Gasteiger partial charge in [0.2, 0.25) is 0 Å². The Bertz CT molecular complexity index is 815. The van der Waals surface area contributed by atoms with Crippen LogP contribution in [0.15, 0.2) is 40.1 Å². The predicted octanol–water partition coefficient (Wildman–Crippen LogP) is 1.48. The Balaban J connectivity index is 2.50. The summed E-state index contributed by atoms with van der Waals surface area (Å²) in [5.74, 6) is -0.697. The molecule has 6 heteroatoms. The number of hydrogen-bond donors (Lipinski definition) is 0. The molecule has 108 valence electrons. The monoisotopic (exact) mass is 287 g/mol. The highest BCUT2D eigenvalue weighted by atomic mass is 19.1. The molecule has 0 aliphatic rings. The lowest BCUT2D eigenvalue weighted by Gasteiger charge is -2.10. The number of nitriles is 1. The van der Waals surface area contributed by atoms with Gasteiger partial charge in [0.1, 0.15) is 11.9 Å². The van der Waals surface area contributed by atoms with Crippen molar-refractivity contribution < 1.29 is 4.39 Å². The van der Waals surface area contributed by atoms with E-state index in [2.05, 4.69) is 0 Å². The van der Waals surface area contributed by atoms with Crippen molar-refractivity contribution in [2.24, 2.45) is 0 Å². The Kier molecular flexibility index (Phi) is 4.33. The average molecular weight is 287 g/mol. The molecule has 0 bridgehead atoms. The molecular weight excluding hydrogens is 273 g/mol. The van der Waals surface area contributed by atoms with E-state index in [9.17, 15) is 14.0 Å². The van der Waals surface area contributed by atoms with Crippen LogP contribution in [0.25, 0.3) is 0 Å². The molecule has 0 fully saturated rings. The highest BCUT2D eigenvalue weighted by molar-refractivity contribution is 5.35. The zero-order valence-electron chi connectivity index (χ0n) is 11.5. The van der Waals surface area contributed by atoms with Crippen molar-refractivity contribution in [2.45, 2.75) is 26.4 Å². The van der Waals surface area contributed by atoms with Gasteiger partial charge in [-0.25, -0.2) is 9.18 Å². The number of halogens is 1. The van der Waals surface area contributed by atoms with Crippen molar-refractivity contribution in [2.75, 3.05) is 0 Å². The predicted molar refractivity (Wildman–Crippen MR) is 75.5 cm³/mol. The van der Waals surface area contributed by atoms with Gasteiger partial charge in [0, 0.05) is 24.4 Å². The molecule has 0 atom stereocenters. The fraction of sp³-hybridized carbons (Fsp3) is 0.267. The SMILES string of the molecule is CCCn1ccc(=O)n(Cc2cccc(C#N)c2F)c1=O. The van der Waals surface area contributed by atoms with Crippen LogP contribution in [-0.2, 0) is 13.1 Å². The maximum Gasteiger partial charge on any atom is 0.331 e. The van der Waals surface area contributed by atoms with Gasteiger partial charge < -0.3 is 4.57 Å². The van der Waals surface area contributed by atoms with Gasteiger partial charge in [0.15, 0.2) is 0 Å². The van der Waals surface area contributed by atoms with Gasteiger partial charge in [0.25, 0.3) is 5.56 Å². The van der Waals surface area contributed by atoms with Crippen LogP contribution in [0.2, 0.25) is 0 Å². The fourth-order valence-corrected chi connectivity index (χ4v) is 2.07. The summed E-state index contributed by atoms with van der Waals surface area (Å²) >= 11 is 0. The lowest BCUT2D eigenvalue weighted by Crippen LogP contribution is -2.39. The van der Waals surface area contributed by atoms with Gasteiger partial charge in [-0.15, -0.1) is 0 Å². The van der Waals surface area contributed by atoms with Gasteiger partial charge in [-0.05, 0) is 12.5 Å². The Morgan fingerprint density at radius 2 is 2.05 bits per heavy atom. The molecule has 5 nitrogen and oxygen atoms in total. The van der Waals surface area contributed by atoms with Gasteiger partial charge in [-0.2, -0.15) is 5.26 Å². The molecule has 0 spiro atoms. The molecule has 0 aliphatic carbocycles. The fourth-order valence-electron chi connectivity index (χ4n) is 2.07. The summed E-state index contributed by atoms with van der Waals surface area (Å²) in [5.41, 5.74) is -0.937. The van der Waals surface area contributed by atoms with Crippen molar-refractivity contribution in [3.05, 3.63) is 68.2 Å². The van der Waals surface area contributed by atoms with Gasteiger partial charge >= 0.3 is 5.69 Å². The topological polar surface area (TPSA) is 67.8 Å². The van der Waals surface area contributed by atoms with E-state index >= 15 is 0 Å². The first kappa shape index (κ1) is 14.7. The first-order valence-corrected chi connectivity index (χ1v) is 6.56. The van der Waals surface area contributed by atoms with Gasteiger partial charge in [-0.1, -0.05) is 19.1 Å². The second-order valence-corrected chi connectivity index (χ2v) is 4.61. The molecule has 0 N–H and O–H groups in total.